The quantitative estimate of drug-likeness (QED) is 0.795. The monoisotopic (exact) mass is 284 g/mol. The molecule has 0 aliphatic carbocycles. The summed E-state index contributed by atoms with van der Waals surface area (Å²) < 4.78 is 5.35. The summed E-state index contributed by atoms with van der Waals surface area (Å²) in [6.45, 7) is 6.42. The lowest BCUT2D eigenvalue weighted by Crippen LogP contribution is -2.40. The van der Waals surface area contributed by atoms with Gasteiger partial charge in [-0.2, -0.15) is 5.26 Å². The average molecular weight is 284 g/mol. The molecule has 21 heavy (non-hydrogen) atoms. The maximum atomic E-state index is 12.2. The third-order valence-electron chi connectivity index (χ3n) is 4.24. The molecule has 0 N–H and O–H groups in total. The Morgan fingerprint density at radius 1 is 1.57 bits per heavy atom. The molecule has 0 radical (unpaired) electrons. The number of hydrogen-bond donors (Lipinski definition) is 0. The number of amides is 1. The number of carbonyl (C=O) groups is 1. The molecule has 1 saturated heterocycles. The van der Waals surface area contributed by atoms with E-state index in [4.69, 9.17) is 4.74 Å². The van der Waals surface area contributed by atoms with Crippen LogP contribution >= 0.6 is 0 Å². The Balaban J connectivity index is 1.98. The van der Waals surface area contributed by atoms with Crippen LogP contribution in [0.2, 0.25) is 0 Å². The van der Waals surface area contributed by atoms with Crippen LogP contribution in [0.25, 0.3) is 0 Å². The zero-order valence-corrected chi connectivity index (χ0v) is 12.3. The standard InChI is InChI=1S/C17H20N2O2/c1-3-9-17(13-18)10-11-19(14(17)2)16(20)21-12-15-7-5-4-6-8-15/h3-8,14H,1,9-12H2,2H3/t14-,17-/m1/s1. The highest BCUT2D eigenvalue weighted by Gasteiger charge is 2.46. The van der Waals surface area contributed by atoms with Crippen LogP contribution in [-0.2, 0) is 11.3 Å². The van der Waals surface area contributed by atoms with Crippen LogP contribution in [0.5, 0.6) is 0 Å². The molecule has 1 aromatic rings. The minimum Gasteiger partial charge on any atom is -0.445 e. The molecule has 2 rings (SSSR count). The molecule has 1 aliphatic heterocycles. The van der Waals surface area contributed by atoms with E-state index in [9.17, 15) is 10.1 Å². The summed E-state index contributed by atoms with van der Waals surface area (Å²) >= 11 is 0. The summed E-state index contributed by atoms with van der Waals surface area (Å²) in [6, 6.07) is 11.8. The molecule has 1 aromatic carbocycles. The van der Waals surface area contributed by atoms with Gasteiger partial charge in [0.2, 0.25) is 0 Å². The first-order valence-corrected chi connectivity index (χ1v) is 7.12. The molecule has 0 unspecified atom stereocenters. The first kappa shape index (κ1) is 15.1. The highest BCUT2D eigenvalue weighted by Crippen LogP contribution is 2.40. The summed E-state index contributed by atoms with van der Waals surface area (Å²) in [5.74, 6) is 0. The van der Waals surface area contributed by atoms with Crippen molar-refractivity contribution in [2.24, 2.45) is 5.41 Å². The number of allylic oxidation sites excluding steroid dienone is 1. The van der Waals surface area contributed by atoms with Gasteiger partial charge >= 0.3 is 6.09 Å². The number of carbonyl (C=O) groups excluding carboxylic acids is 1. The van der Waals surface area contributed by atoms with Crippen LogP contribution in [0.3, 0.4) is 0 Å². The van der Waals surface area contributed by atoms with Gasteiger partial charge in [0.15, 0.2) is 0 Å². The molecule has 1 fully saturated rings. The summed E-state index contributed by atoms with van der Waals surface area (Å²) in [6.07, 6.45) is 2.65. The summed E-state index contributed by atoms with van der Waals surface area (Å²) in [5.41, 5.74) is 0.420. The predicted molar refractivity (Wildman–Crippen MR) is 80.3 cm³/mol. The lowest BCUT2D eigenvalue weighted by atomic mass is 9.79. The third-order valence-corrected chi connectivity index (χ3v) is 4.24. The minimum atomic E-state index is -0.534. The Morgan fingerprint density at radius 3 is 2.90 bits per heavy atom. The molecule has 4 nitrogen and oxygen atoms in total. The van der Waals surface area contributed by atoms with Gasteiger partial charge < -0.3 is 9.64 Å². The Morgan fingerprint density at radius 2 is 2.29 bits per heavy atom. The predicted octanol–water partition coefficient (Wildman–Crippen LogP) is 3.50. The van der Waals surface area contributed by atoms with E-state index in [0.29, 0.717) is 19.4 Å². The Hall–Kier alpha value is -2.28. The first-order valence-electron chi connectivity index (χ1n) is 7.12. The van der Waals surface area contributed by atoms with Crippen molar-refractivity contribution in [3.05, 3.63) is 48.6 Å². The van der Waals surface area contributed by atoms with Crippen LogP contribution in [0.1, 0.15) is 25.3 Å². The smallest absolute Gasteiger partial charge is 0.410 e. The Kier molecular flexibility index (Phi) is 4.64. The molecular formula is C17H20N2O2. The molecule has 0 aromatic heterocycles. The number of benzene rings is 1. The van der Waals surface area contributed by atoms with Crippen LogP contribution in [0, 0.1) is 16.7 Å². The normalized spacial score (nSPS) is 24.4. The van der Waals surface area contributed by atoms with Crippen LogP contribution in [0.4, 0.5) is 4.79 Å². The van der Waals surface area contributed by atoms with Crippen LogP contribution in [0.15, 0.2) is 43.0 Å². The van der Waals surface area contributed by atoms with E-state index in [1.165, 1.54) is 0 Å². The molecule has 0 spiro atoms. The van der Waals surface area contributed by atoms with Gasteiger partial charge in [-0.05, 0) is 25.3 Å². The van der Waals surface area contributed by atoms with Gasteiger partial charge in [0.1, 0.15) is 6.61 Å². The number of nitrogens with zero attached hydrogens (tertiary/aromatic N) is 2. The molecule has 1 amide bonds. The van der Waals surface area contributed by atoms with Crippen molar-refractivity contribution in [2.45, 2.75) is 32.4 Å². The van der Waals surface area contributed by atoms with Crippen LogP contribution < -0.4 is 0 Å². The summed E-state index contributed by atoms with van der Waals surface area (Å²) in [4.78, 5) is 13.9. The molecule has 2 atom stereocenters. The molecular weight excluding hydrogens is 264 g/mol. The van der Waals surface area contributed by atoms with Crippen molar-refractivity contribution in [3.8, 4) is 6.07 Å². The SMILES string of the molecule is C=CC[C@]1(C#N)CCN(C(=O)OCc2ccccc2)[C@@H]1C. The maximum Gasteiger partial charge on any atom is 0.410 e. The number of nitriles is 1. The summed E-state index contributed by atoms with van der Waals surface area (Å²) in [5, 5.41) is 9.45. The second-order valence-corrected chi connectivity index (χ2v) is 5.42. The van der Waals surface area contributed by atoms with Gasteiger partial charge in [0, 0.05) is 6.54 Å². The van der Waals surface area contributed by atoms with Gasteiger partial charge in [0.05, 0.1) is 17.5 Å². The molecule has 0 saturated carbocycles. The van der Waals surface area contributed by atoms with Gasteiger partial charge in [-0.3, -0.25) is 0 Å². The second kappa shape index (κ2) is 6.45. The van der Waals surface area contributed by atoms with E-state index >= 15 is 0 Å². The molecule has 4 heteroatoms. The zero-order chi connectivity index (χ0) is 15.3. The maximum absolute atomic E-state index is 12.2. The molecule has 0 bridgehead atoms. The number of hydrogen-bond acceptors (Lipinski definition) is 3. The first-order chi connectivity index (χ1) is 10.1. The number of rotatable bonds is 4. The third kappa shape index (κ3) is 3.08. The van der Waals surface area contributed by atoms with Crippen molar-refractivity contribution in [2.75, 3.05) is 6.54 Å². The fourth-order valence-corrected chi connectivity index (χ4v) is 2.80. The average Bonchev–Trinajstić information content (AvgIpc) is 2.84. The highest BCUT2D eigenvalue weighted by molar-refractivity contribution is 5.69. The van der Waals surface area contributed by atoms with Crippen molar-refractivity contribution < 1.29 is 9.53 Å². The van der Waals surface area contributed by atoms with Crippen molar-refractivity contribution in [1.82, 2.24) is 4.90 Å². The molecule has 110 valence electrons. The lowest BCUT2D eigenvalue weighted by molar-refractivity contribution is 0.0874. The van der Waals surface area contributed by atoms with E-state index in [1.54, 1.807) is 11.0 Å². The fraction of sp³-hybridized carbons (Fsp3) is 0.412. The van der Waals surface area contributed by atoms with E-state index in [2.05, 4.69) is 12.6 Å². The van der Waals surface area contributed by atoms with Crippen LogP contribution in [-0.4, -0.2) is 23.6 Å². The van der Waals surface area contributed by atoms with E-state index < -0.39 is 5.41 Å². The summed E-state index contributed by atoms with van der Waals surface area (Å²) in [7, 11) is 0. The largest absolute Gasteiger partial charge is 0.445 e. The van der Waals surface area contributed by atoms with Crippen molar-refractivity contribution >= 4 is 6.09 Å². The minimum absolute atomic E-state index is 0.163. The topological polar surface area (TPSA) is 53.3 Å². The van der Waals surface area contributed by atoms with Gasteiger partial charge in [0.25, 0.3) is 0 Å². The molecule has 1 heterocycles. The zero-order valence-electron chi connectivity index (χ0n) is 12.3. The van der Waals surface area contributed by atoms with Gasteiger partial charge in [-0.25, -0.2) is 4.79 Å². The van der Waals surface area contributed by atoms with Gasteiger partial charge in [-0.15, -0.1) is 6.58 Å². The Labute approximate surface area is 125 Å². The van der Waals surface area contributed by atoms with Gasteiger partial charge in [-0.1, -0.05) is 36.4 Å². The second-order valence-electron chi connectivity index (χ2n) is 5.42. The fourth-order valence-electron chi connectivity index (χ4n) is 2.80. The van der Waals surface area contributed by atoms with Crippen molar-refractivity contribution in [1.29, 1.82) is 5.26 Å². The highest BCUT2D eigenvalue weighted by atomic mass is 16.6. The van der Waals surface area contributed by atoms with Crippen molar-refractivity contribution in [3.63, 3.8) is 0 Å². The molecule has 1 aliphatic rings. The number of likely N-dealkylation sites (tertiary alicyclic amines) is 1. The van der Waals surface area contributed by atoms with E-state index in [-0.39, 0.29) is 18.7 Å². The van der Waals surface area contributed by atoms with E-state index in [1.807, 2.05) is 37.3 Å². The Bertz CT molecular complexity index is 550. The van der Waals surface area contributed by atoms with E-state index in [0.717, 1.165) is 5.56 Å². The lowest BCUT2D eigenvalue weighted by Gasteiger charge is -2.28. The number of ether oxygens (including phenoxy) is 1.